The van der Waals surface area contributed by atoms with Crippen LogP contribution >= 0.6 is 0 Å². The van der Waals surface area contributed by atoms with Crippen molar-refractivity contribution in [1.29, 1.82) is 0 Å². The summed E-state index contributed by atoms with van der Waals surface area (Å²) >= 11 is 0. The second-order valence-corrected chi connectivity index (χ2v) is 12.9. The van der Waals surface area contributed by atoms with E-state index in [0.717, 1.165) is 62.6 Å². The normalized spacial score (nSPS) is 13.6. The molecule has 0 atom stereocenters. The number of aryl methyl sites for hydroxylation is 2. The number of ether oxygens (including phenoxy) is 1. The molecule has 1 aromatic heterocycles. The van der Waals surface area contributed by atoms with Gasteiger partial charge in [-0.25, -0.2) is 9.78 Å². The molecule has 46 heavy (non-hydrogen) atoms. The quantitative estimate of drug-likeness (QED) is 0.144. The molecule has 0 unspecified atom stereocenters. The number of imide groups is 1. The Labute approximate surface area is 273 Å². The van der Waals surface area contributed by atoms with E-state index in [2.05, 4.69) is 40.3 Å². The molecule has 3 rings (SSSR count). The van der Waals surface area contributed by atoms with Gasteiger partial charge in [0.1, 0.15) is 5.82 Å². The number of carbonyl (C=O) groups excluding carboxylic acids is 4. The minimum Gasteiger partial charge on any atom is -0.383 e. The van der Waals surface area contributed by atoms with E-state index in [1.54, 1.807) is 0 Å². The molecule has 1 saturated heterocycles. The Morgan fingerprint density at radius 2 is 1.72 bits per heavy atom. The molecule has 1 aliphatic heterocycles. The van der Waals surface area contributed by atoms with E-state index in [1.165, 1.54) is 23.8 Å². The largest absolute Gasteiger partial charge is 0.383 e. The zero-order chi connectivity index (χ0) is 33.5. The van der Waals surface area contributed by atoms with Crippen LogP contribution in [0.5, 0.6) is 0 Å². The molecule has 1 fully saturated rings. The van der Waals surface area contributed by atoms with Gasteiger partial charge in [-0.05, 0) is 89.2 Å². The minimum atomic E-state index is -0.682. The third-order valence-corrected chi connectivity index (χ3v) is 8.15. The Morgan fingerprint density at radius 1 is 1.00 bits per heavy atom. The third kappa shape index (κ3) is 12.3. The van der Waals surface area contributed by atoms with Crippen LogP contribution in [0.3, 0.4) is 0 Å². The zero-order valence-electron chi connectivity index (χ0n) is 28.2. The molecule has 1 aliphatic rings. The first-order chi connectivity index (χ1) is 22.0. The predicted octanol–water partition coefficient (Wildman–Crippen LogP) is 4.88. The fourth-order valence-corrected chi connectivity index (χ4v) is 5.73. The smallest absolute Gasteiger partial charge is 0.335 e. The van der Waals surface area contributed by atoms with Crippen molar-refractivity contribution in [3.63, 3.8) is 0 Å². The highest BCUT2D eigenvalue weighted by molar-refractivity contribution is 6.01. The Hall–Kier alpha value is -3.57. The zero-order valence-corrected chi connectivity index (χ0v) is 28.2. The first-order valence-electron chi connectivity index (χ1n) is 16.8. The average Bonchev–Trinajstić information content (AvgIpc) is 3.31. The van der Waals surface area contributed by atoms with E-state index in [0.29, 0.717) is 30.4 Å². The lowest BCUT2D eigenvalue weighted by Gasteiger charge is -2.30. The highest BCUT2D eigenvalue weighted by Gasteiger charge is 2.33. The number of carbonyl (C=O) groups is 4. The van der Waals surface area contributed by atoms with E-state index in [1.807, 2.05) is 27.0 Å². The summed E-state index contributed by atoms with van der Waals surface area (Å²) in [5.41, 5.74) is 9.10. The number of nitrogens with one attached hydrogen (secondary N) is 1. The number of hydroxylamine groups is 2. The van der Waals surface area contributed by atoms with E-state index in [4.69, 9.17) is 15.3 Å². The van der Waals surface area contributed by atoms with Gasteiger partial charge in [0.05, 0.1) is 24.1 Å². The van der Waals surface area contributed by atoms with Crippen LogP contribution in [0.25, 0.3) is 10.9 Å². The number of nitrogen functional groups attached to an aromatic ring is 1. The second-order valence-electron chi connectivity index (χ2n) is 12.9. The first-order valence-corrected chi connectivity index (χ1v) is 16.8. The van der Waals surface area contributed by atoms with Gasteiger partial charge in [0, 0.05) is 37.7 Å². The molecule has 0 aliphatic carbocycles. The molecular weight excluding hydrogens is 586 g/mol. The lowest BCUT2D eigenvalue weighted by Crippen LogP contribution is -2.40. The predicted molar refractivity (Wildman–Crippen MR) is 179 cm³/mol. The summed E-state index contributed by atoms with van der Waals surface area (Å²) in [5, 5.41) is 4.79. The topological polar surface area (TPSA) is 144 Å². The van der Waals surface area contributed by atoms with Crippen molar-refractivity contribution in [1.82, 2.24) is 20.3 Å². The van der Waals surface area contributed by atoms with E-state index in [9.17, 15) is 19.2 Å². The number of nitrogens with zero attached hydrogens (tertiary/aromatic N) is 3. The number of pyridine rings is 1. The molecule has 0 radical (unpaired) electrons. The van der Waals surface area contributed by atoms with Gasteiger partial charge in [-0.2, -0.15) is 0 Å². The molecule has 0 spiro atoms. The van der Waals surface area contributed by atoms with Crippen LogP contribution in [0.4, 0.5) is 5.82 Å². The Balaban J connectivity index is 1.26. The molecule has 11 nitrogen and oxygen atoms in total. The standard InChI is InChI=1S/C35H53N5O6/c1-5-6-8-14-27-24-28-26(15-11-16-29(28)38-34(27)36)13-9-7-10-21-37-30(41)17-12-22-39(4)25-35(2,3)45-23-20-33(44)46-40-31(42)18-19-32(40)43/h11,15-16,24H,5-10,12-14,17-23,25H2,1-4H3,(H2,36,38)(H,37,41). The number of hydrogen-bond acceptors (Lipinski definition) is 9. The first kappa shape index (κ1) is 36.9. The third-order valence-electron chi connectivity index (χ3n) is 8.15. The lowest BCUT2D eigenvalue weighted by atomic mass is 9.99. The number of hydrogen-bond donors (Lipinski definition) is 2. The molecule has 3 N–H and O–H groups in total. The van der Waals surface area contributed by atoms with Gasteiger partial charge in [0.25, 0.3) is 11.8 Å². The van der Waals surface area contributed by atoms with Crippen molar-refractivity contribution >= 4 is 40.4 Å². The van der Waals surface area contributed by atoms with Gasteiger partial charge < -0.3 is 25.5 Å². The molecule has 0 saturated carbocycles. The highest BCUT2D eigenvalue weighted by Crippen LogP contribution is 2.25. The fraction of sp³-hybridized carbons (Fsp3) is 0.629. The second kappa shape index (κ2) is 18.5. The SMILES string of the molecule is CCCCCc1cc2c(CCCCCNC(=O)CCCN(C)CC(C)(C)OCCC(=O)ON3C(=O)CCC3=O)cccc2nc1N. The summed E-state index contributed by atoms with van der Waals surface area (Å²) in [5.74, 6) is -0.978. The maximum absolute atomic E-state index is 12.4. The summed E-state index contributed by atoms with van der Waals surface area (Å²) in [6, 6.07) is 8.50. The van der Waals surface area contributed by atoms with Crippen LogP contribution in [0.2, 0.25) is 0 Å². The van der Waals surface area contributed by atoms with Gasteiger partial charge in [-0.1, -0.05) is 38.3 Å². The van der Waals surface area contributed by atoms with Crippen molar-refractivity contribution in [2.75, 3.05) is 39.0 Å². The summed E-state index contributed by atoms with van der Waals surface area (Å²) in [4.78, 5) is 59.1. The van der Waals surface area contributed by atoms with Crippen LogP contribution < -0.4 is 11.1 Å². The van der Waals surface area contributed by atoms with Crippen LogP contribution in [0.1, 0.15) is 103 Å². The monoisotopic (exact) mass is 639 g/mol. The molecule has 3 amide bonds. The van der Waals surface area contributed by atoms with Crippen molar-refractivity contribution in [3.05, 3.63) is 35.4 Å². The summed E-state index contributed by atoms with van der Waals surface area (Å²) in [7, 11) is 1.97. The molecule has 1 aromatic carbocycles. The van der Waals surface area contributed by atoms with Gasteiger partial charge in [-0.3, -0.25) is 14.4 Å². The van der Waals surface area contributed by atoms with E-state index in [-0.39, 0.29) is 31.8 Å². The number of amides is 3. The van der Waals surface area contributed by atoms with Gasteiger partial charge in [0.2, 0.25) is 5.91 Å². The van der Waals surface area contributed by atoms with Crippen LogP contribution in [-0.4, -0.2) is 77.5 Å². The van der Waals surface area contributed by atoms with Crippen LogP contribution in [-0.2, 0) is 41.6 Å². The van der Waals surface area contributed by atoms with Gasteiger partial charge in [0.15, 0.2) is 0 Å². The number of nitrogens with two attached hydrogens (primary N) is 1. The number of likely N-dealkylation sites (N-methyl/N-ethyl adjacent to an activating group) is 1. The maximum atomic E-state index is 12.4. The molecular formula is C35H53N5O6. The van der Waals surface area contributed by atoms with Crippen molar-refractivity contribution < 1.29 is 28.8 Å². The maximum Gasteiger partial charge on any atom is 0.335 e. The number of fused-ring (bicyclic) bond motifs is 1. The van der Waals surface area contributed by atoms with Crippen LogP contribution in [0, 0.1) is 0 Å². The number of rotatable bonds is 21. The van der Waals surface area contributed by atoms with E-state index < -0.39 is 23.4 Å². The molecule has 2 aromatic rings. The number of aromatic nitrogens is 1. The number of unbranched alkanes of at least 4 members (excludes halogenated alkanes) is 4. The van der Waals surface area contributed by atoms with Gasteiger partial charge >= 0.3 is 5.97 Å². The number of anilines is 1. The average molecular weight is 640 g/mol. The Morgan fingerprint density at radius 3 is 2.46 bits per heavy atom. The summed E-state index contributed by atoms with van der Waals surface area (Å²) < 4.78 is 5.86. The minimum absolute atomic E-state index is 0.0608. The molecule has 11 heteroatoms. The van der Waals surface area contributed by atoms with Crippen molar-refractivity contribution in [3.8, 4) is 0 Å². The molecule has 254 valence electrons. The van der Waals surface area contributed by atoms with Gasteiger partial charge in [-0.15, -0.1) is 5.06 Å². The highest BCUT2D eigenvalue weighted by atomic mass is 16.7. The number of benzene rings is 1. The van der Waals surface area contributed by atoms with Crippen molar-refractivity contribution in [2.24, 2.45) is 0 Å². The summed E-state index contributed by atoms with van der Waals surface area (Å²) in [6.07, 6.45) is 9.70. The van der Waals surface area contributed by atoms with Crippen LogP contribution in [0.15, 0.2) is 24.3 Å². The van der Waals surface area contributed by atoms with Crippen molar-refractivity contribution in [2.45, 2.75) is 110 Å². The van der Waals surface area contributed by atoms with E-state index >= 15 is 0 Å². The molecule has 0 bridgehead atoms. The lowest BCUT2D eigenvalue weighted by molar-refractivity contribution is -0.198. The Kier molecular flexibility index (Phi) is 14.9. The fourth-order valence-electron chi connectivity index (χ4n) is 5.73. The summed E-state index contributed by atoms with van der Waals surface area (Å²) in [6.45, 7) is 8.16. The Bertz CT molecular complexity index is 1310. The molecule has 2 heterocycles.